The Morgan fingerprint density at radius 2 is 2.04 bits per heavy atom. The fourth-order valence-electron chi connectivity index (χ4n) is 4.10. The third-order valence-corrected chi connectivity index (χ3v) is 5.50. The maximum absolute atomic E-state index is 13.3. The maximum atomic E-state index is 13.3. The molecular formula is C19H28ClN5O2. The van der Waals surface area contributed by atoms with Crippen LogP contribution in [0.5, 0.6) is 0 Å². The van der Waals surface area contributed by atoms with E-state index < -0.39 is 0 Å². The van der Waals surface area contributed by atoms with Crippen molar-refractivity contribution in [3.8, 4) is 0 Å². The van der Waals surface area contributed by atoms with Crippen LogP contribution in [-0.2, 0) is 0 Å². The number of pyridine rings is 1. The predicted molar refractivity (Wildman–Crippen MR) is 107 cm³/mol. The van der Waals surface area contributed by atoms with Crippen LogP contribution in [0.4, 0.5) is 0 Å². The molecule has 0 aromatic carbocycles. The van der Waals surface area contributed by atoms with Crippen molar-refractivity contribution in [1.82, 2.24) is 25.3 Å². The molecular weight excluding hydrogens is 366 g/mol. The Morgan fingerprint density at radius 1 is 1.30 bits per heavy atom. The largest absolute Gasteiger partial charge is 0.337 e. The van der Waals surface area contributed by atoms with E-state index >= 15 is 0 Å². The van der Waals surface area contributed by atoms with Crippen molar-refractivity contribution in [3.63, 3.8) is 0 Å². The van der Waals surface area contributed by atoms with Gasteiger partial charge in [-0.1, -0.05) is 19.0 Å². The summed E-state index contributed by atoms with van der Waals surface area (Å²) in [5.74, 6) is 0.253. The highest BCUT2D eigenvalue weighted by molar-refractivity contribution is 6.06. The number of amides is 1. The van der Waals surface area contributed by atoms with Gasteiger partial charge in [-0.15, -0.1) is 12.4 Å². The van der Waals surface area contributed by atoms with Gasteiger partial charge in [0.1, 0.15) is 0 Å². The van der Waals surface area contributed by atoms with Crippen LogP contribution < -0.4 is 5.32 Å². The fraction of sp³-hybridized carbons (Fsp3) is 0.632. The lowest BCUT2D eigenvalue weighted by atomic mass is 10.0. The van der Waals surface area contributed by atoms with E-state index in [-0.39, 0.29) is 24.2 Å². The van der Waals surface area contributed by atoms with E-state index in [1.807, 2.05) is 17.9 Å². The van der Waals surface area contributed by atoms with Crippen LogP contribution in [0.3, 0.4) is 0 Å². The molecule has 27 heavy (non-hydrogen) atoms. The summed E-state index contributed by atoms with van der Waals surface area (Å²) in [5, 5.41) is 8.34. The van der Waals surface area contributed by atoms with Gasteiger partial charge in [-0.3, -0.25) is 9.69 Å². The SMILES string of the molecule is Cc1cc(C(=O)N2CCC(N3CCNCC3)C2)c2c(C(C)C)noc2n1.Cl. The molecule has 4 heterocycles. The molecule has 0 radical (unpaired) electrons. The molecule has 2 saturated heterocycles. The molecule has 4 rings (SSSR count). The van der Waals surface area contributed by atoms with Crippen LogP contribution >= 0.6 is 12.4 Å². The zero-order valence-electron chi connectivity index (χ0n) is 16.2. The molecule has 2 aliphatic heterocycles. The molecule has 8 heteroatoms. The topological polar surface area (TPSA) is 74.5 Å². The van der Waals surface area contributed by atoms with Gasteiger partial charge in [0, 0.05) is 51.0 Å². The molecule has 1 unspecified atom stereocenters. The van der Waals surface area contributed by atoms with Crippen LogP contribution in [0.2, 0.25) is 0 Å². The monoisotopic (exact) mass is 393 g/mol. The highest BCUT2D eigenvalue weighted by Crippen LogP contribution is 2.29. The second kappa shape index (κ2) is 8.12. The van der Waals surface area contributed by atoms with Crippen LogP contribution in [0.25, 0.3) is 11.1 Å². The van der Waals surface area contributed by atoms with Gasteiger partial charge >= 0.3 is 0 Å². The van der Waals surface area contributed by atoms with Crippen molar-refractivity contribution in [3.05, 3.63) is 23.0 Å². The summed E-state index contributed by atoms with van der Waals surface area (Å²) in [6, 6.07) is 2.35. The molecule has 2 aromatic heterocycles. The molecule has 2 aromatic rings. The first-order valence-corrected chi connectivity index (χ1v) is 9.55. The summed E-state index contributed by atoms with van der Waals surface area (Å²) < 4.78 is 5.41. The van der Waals surface area contributed by atoms with E-state index in [0.717, 1.165) is 62.5 Å². The lowest BCUT2D eigenvalue weighted by Gasteiger charge is -2.32. The van der Waals surface area contributed by atoms with Crippen LogP contribution in [0, 0.1) is 6.92 Å². The zero-order chi connectivity index (χ0) is 18.3. The third kappa shape index (κ3) is 3.81. The van der Waals surface area contributed by atoms with Gasteiger partial charge in [-0.2, -0.15) is 0 Å². The van der Waals surface area contributed by atoms with E-state index in [1.165, 1.54) is 0 Å². The number of rotatable bonds is 3. The molecule has 148 valence electrons. The molecule has 0 aliphatic carbocycles. The summed E-state index contributed by atoms with van der Waals surface area (Å²) in [6.07, 6.45) is 1.04. The molecule has 1 N–H and O–H groups in total. The molecule has 2 fully saturated rings. The van der Waals surface area contributed by atoms with Crippen molar-refractivity contribution in [1.29, 1.82) is 0 Å². The number of nitrogens with one attached hydrogen (secondary N) is 1. The number of aromatic nitrogens is 2. The van der Waals surface area contributed by atoms with Crippen molar-refractivity contribution < 1.29 is 9.32 Å². The van der Waals surface area contributed by atoms with Crippen molar-refractivity contribution >= 4 is 29.4 Å². The Hall–Kier alpha value is -1.70. The first kappa shape index (κ1) is 20.0. The Balaban J connectivity index is 0.00000210. The number of nitrogens with zero attached hydrogens (tertiary/aromatic N) is 4. The van der Waals surface area contributed by atoms with Gasteiger partial charge < -0.3 is 14.7 Å². The number of carbonyl (C=O) groups is 1. The minimum Gasteiger partial charge on any atom is -0.337 e. The Labute approximate surface area is 165 Å². The molecule has 0 saturated carbocycles. The number of hydrogen-bond donors (Lipinski definition) is 1. The average Bonchev–Trinajstić information content (AvgIpc) is 3.28. The number of halogens is 1. The summed E-state index contributed by atoms with van der Waals surface area (Å²) in [5.41, 5.74) is 2.74. The van der Waals surface area contributed by atoms with E-state index in [9.17, 15) is 4.79 Å². The molecule has 0 spiro atoms. The van der Waals surface area contributed by atoms with Gasteiger partial charge in [-0.25, -0.2) is 4.98 Å². The first-order chi connectivity index (χ1) is 12.5. The summed E-state index contributed by atoms with van der Waals surface area (Å²) in [6.45, 7) is 11.8. The summed E-state index contributed by atoms with van der Waals surface area (Å²) in [7, 11) is 0. The number of aryl methyl sites for hydroxylation is 1. The van der Waals surface area contributed by atoms with Crippen LogP contribution in [0.1, 0.15) is 47.9 Å². The van der Waals surface area contributed by atoms with E-state index in [0.29, 0.717) is 17.3 Å². The Bertz CT molecular complexity index is 816. The fourth-order valence-corrected chi connectivity index (χ4v) is 4.10. The Morgan fingerprint density at radius 3 is 2.74 bits per heavy atom. The number of carbonyl (C=O) groups excluding carboxylic acids is 1. The standard InChI is InChI=1S/C19H27N5O2.ClH/c1-12(2)17-16-15(10-13(3)21-18(16)26-22-17)19(25)24-7-4-14(11-24)23-8-5-20-6-9-23;/h10,12,14,20H,4-9,11H2,1-3H3;1H. The normalized spacial score (nSPS) is 21.0. The smallest absolute Gasteiger partial charge is 0.259 e. The predicted octanol–water partition coefficient (Wildman–Crippen LogP) is 2.20. The molecule has 2 aliphatic rings. The zero-order valence-corrected chi connectivity index (χ0v) is 17.0. The number of likely N-dealkylation sites (tertiary alicyclic amines) is 1. The summed E-state index contributed by atoms with van der Waals surface area (Å²) >= 11 is 0. The Kier molecular flexibility index (Phi) is 6.03. The minimum absolute atomic E-state index is 0. The van der Waals surface area contributed by atoms with Crippen molar-refractivity contribution in [2.45, 2.75) is 39.2 Å². The highest BCUT2D eigenvalue weighted by Gasteiger charge is 2.33. The summed E-state index contributed by atoms with van der Waals surface area (Å²) in [4.78, 5) is 22.2. The molecule has 1 atom stereocenters. The third-order valence-electron chi connectivity index (χ3n) is 5.50. The minimum atomic E-state index is 0. The second-order valence-corrected chi connectivity index (χ2v) is 7.69. The lowest BCUT2D eigenvalue weighted by molar-refractivity contribution is 0.0775. The second-order valence-electron chi connectivity index (χ2n) is 7.69. The average molecular weight is 394 g/mol. The van der Waals surface area contributed by atoms with Crippen molar-refractivity contribution in [2.75, 3.05) is 39.3 Å². The van der Waals surface area contributed by atoms with Gasteiger partial charge in [0.2, 0.25) is 0 Å². The number of piperazine rings is 1. The quantitative estimate of drug-likeness (QED) is 0.861. The van der Waals surface area contributed by atoms with E-state index in [2.05, 4.69) is 34.2 Å². The van der Waals surface area contributed by atoms with Gasteiger partial charge in [0.05, 0.1) is 16.6 Å². The van der Waals surface area contributed by atoms with Crippen LogP contribution in [-0.4, -0.2) is 71.2 Å². The van der Waals surface area contributed by atoms with Gasteiger partial charge in [0.15, 0.2) is 0 Å². The highest BCUT2D eigenvalue weighted by atomic mass is 35.5. The maximum Gasteiger partial charge on any atom is 0.259 e. The van der Waals surface area contributed by atoms with E-state index in [1.54, 1.807) is 0 Å². The van der Waals surface area contributed by atoms with E-state index in [4.69, 9.17) is 4.52 Å². The first-order valence-electron chi connectivity index (χ1n) is 9.55. The van der Waals surface area contributed by atoms with Crippen molar-refractivity contribution in [2.24, 2.45) is 0 Å². The van der Waals surface area contributed by atoms with Crippen LogP contribution in [0.15, 0.2) is 10.6 Å². The van der Waals surface area contributed by atoms with Gasteiger partial charge in [-0.05, 0) is 25.3 Å². The number of fused-ring (bicyclic) bond motifs is 1. The molecule has 7 nitrogen and oxygen atoms in total. The van der Waals surface area contributed by atoms with Gasteiger partial charge in [0.25, 0.3) is 11.6 Å². The molecule has 1 amide bonds. The molecule has 0 bridgehead atoms. The number of hydrogen-bond acceptors (Lipinski definition) is 6. The lowest BCUT2D eigenvalue weighted by Crippen LogP contribution is -2.49.